The van der Waals surface area contributed by atoms with Gasteiger partial charge in [0.05, 0.1) is 13.2 Å². The van der Waals surface area contributed by atoms with Gasteiger partial charge in [0.15, 0.2) is 0 Å². The van der Waals surface area contributed by atoms with Gasteiger partial charge in [-0.05, 0) is 45.6 Å². The maximum atomic E-state index is 12.5. The highest BCUT2D eigenvalue weighted by molar-refractivity contribution is 6.30. The molecular formula is C18H28ClN3O2. The molecule has 1 aromatic carbocycles. The second-order valence-electron chi connectivity index (χ2n) is 6.58. The number of carbonyl (C=O) groups is 1. The number of hydrogen-bond acceptors (Lipinski definition) is 4. The van der Waals surface area contributed by atoms with Crippen LogP contribution in [-0.4, -0.2) is 74.0 Å². The van der Waals surface area contributed by atoms with E-state index >= 15 is 0 Å². The van der Waals surface area contributed by atoms with Crippen molar-refractivity contribution < 1.29 is 9.53 Å². The zero-order valence-electron chi connectivity index (χ0n) is 15.1. The minimum atomic E-state index is 0.122. The summed E-state index contributed by atoms with van der Waals surface area (Å²) >= 11 is 6.09. The molecule has 5 nitrogen and oxygen atoms in total. The predicted octanol–water partition coefficient (Wildman–Crippen LogP) is 2.33. The van der Waals surface area contributed by atoms with Crippen LogP contribution in [0.2, 0.25) is 5.02 Å². The Bertz CT molecular complexity index is 565. The summed E-state index contributed by atoms with van der Waals surface area (Å²) in [6, 6.07) is 6.08. The van der Waals surface area contributed by atoms with Gasteiger partial charge in [-0.2, -0.15) is 0 Å². The molecule has 0 aliphatic carbocycles. The van der Waals surface area contributed by atoms with Crippen molar-refractivity contribution in [2.75, 3.05) is 47.4 Å². The summed E-state index contributed by atoms with van der Waals surface area (Å²) in [4.78, 5) is 18.7. The van der Waals surface area contributed by atoms with E-state index in [2.05, 4.69) is 23.9 Å². The van der Waals surface area contributed by atoms with Crippen LogP contribution in [0, 0.1) is 0 Å². The van der Waals surface area contributed by atoms with Crippen molar-refractivity contribution in [3.8, 4) is 5.75 Å². The maximum absolute atomic E-state index is 12.5. The van der Waals surface area contributed by atoms with Gasteiger partial charge in [0.2, 0.25) is 5.91 Å². The average molecular weight is 354 g/mol. The molecule has 1 fully saturated rings. The molecule has 0 saturated carbocycles. The maximum Gasteiger partial charge on any atom is 0.236 e. The standard InChI is InChI=1S/C18H28ClN3O2/c1-5-24-17-7-6-15(19)10-14(17)11-21(4)18(23)13-22-9-8-16(12-22)20(2)3/h6-7,10,16H,5,8-9,11-13H2,1-4H3/t16-/m1/s1. The number of rotatable bonds is 7. The highest BCUT2D eigenvalue weighted by Crippen LogP contribution is 2.24. The van der Waals surface area contributed by atoms with E-state index in [0.717, 1.165) is 30.8 Å². The molecule has 2 rings (SSSR count). The highest BCUT2D eigenvalue weighted by Gasteiger charge is 2.26. The molecule has 1 aromatic rings. The molecule has 6 heteroatoms. The Kier molecular flexibility index (Phi) is 6.90. The molecule has 0 radical (unpaired) electrons. The molecule has 1 aliphatic heterocycles. The number of likely N-dealkylation sites (tertiary alicyclic amines) is 1. The van der Waals surface area contributed by atoms with E-state index in [1.807, 2.05) is 32.2 Å². The minimum absolute atomic E-state index is 0.122. The molecule has 0 unspecified atom stereocenters. The lowest BCUT2D eigenvalue weighted by Gasteiger charge is -2.23. The zero-order chi connectivity index (χ0) is 17.7. The lowest BCUT2D eigenvalue weighted by molar-refractivity contribution is -0.131. The summed E-state index contributed by atoms with van der Waals surface area (Å²) in [6.45, 7) is 5.43. The summed E-state index contributed by atoms with van der Waals surface area (Å²) < 4.78 is 5.63. The van der Waals surface area contributed by atoms with Crippen molar-refractivity contribution in [2.45, 2.75) is 25.9 Å². The Morgan fingerprint density at radius 2 is 2.12 bits per heavy atom. The Morgan fingerprint density at radius 1 is 1.38 bits per heavy atom. The summed E-state index contributed by atoms with van der Waals surface area (Å²) in [6.07, 6.45) is 1.12. The number of carbonyl (C=O) groups excluding carboxylic acids is 1. The van der Waals surface area contributed by atoms with Crippen LogP contribution in [0.1, 0.15) is 18.9 Å². The molecule has 0 spiro atoms. The Morgan fingerprint density at radius 3 is 2.75 bits per heavy atom. The molecule has 1 amide bonds. The van der Waals surface area contributed by atoms with Crippen LogP contribution in [-0.2, 0) is 11.3 Å². The van der Waals surface area contributed by atoms with Crippen molar-refractivity contribution in [1.82, 2.24) is 14.7 Å². The molecule has 24 heavy (non-hydrogen) atoms. The molecule has 1 aliphatic rings. The first kappa shape index (κ1) is 19.0. The van der Waals surface area contributed by atoms with Crippen molar-refractivity contribution in [1.29, 1.82) is 0 Å². The lowest BCUT2D eigenvalue weighted by atomic mass is 10.2. The fourth-order valence-corrected chi connectivity index (χ4v) is 3.20. The van der Waals surface area contributed by atoms with Gasteiger partial charge < -0.3 is 14.5 Å². The SMILES string of the molecule is CCOc1ccc(Cl)cc1CN(C)C(=O)CN1CC[C@@H](N(C)C)C1. The molecule has 0 bridgehead atoms. The normalized spacial score (nSPS) is 18.2. The number of amides is 1. The number of benzene rings is 1. The summed E-state index contributed by atoms with van der Waals surface area (Å²) in [5, 5.41) is 0.655. The molecular weight excluding hydrogens is 326 g/mol. The first-order chi connectivity index (χ1) is 11.4. The molecule has 0 N–H and O–H groups in total. The molecule has 1 saturated heterocycles. The minimum Gasteiger partial charge on any atom is -0.494 e. The number of likely N-dealkylation sites (N-methyl/N-ethyl adjacent to an activating group) is 2. The fraction of sp³-hybridized carbons (Fsp3) is 0.611. The van der Waals surface area contributed by atoms with Gasteiger partial charge in [-0.25, -0.2) is 0 Å². The number of hydrogen-bond donors (Lipinski definition) is 0. The number of ether oxygens (including phenoxy) is 1. The largest absolute Gasteiger partial charge is 0.494 e. The molecule has 0 aromatic heterocycles. The fourth-order valence-electron chi connectivity index (χ4n) is 3.00. The zero-order valence-corrected chi connectivity index (χ0v) is 15.8. The smallest absolute Gasteiger partial charge is 0.236 e. The first-order valence-corrected chi connectivity index (χ1v) is 8.82. The van der Waals surface area contributed by atoms with E-state index in [1.165, 1.54) is 0 Å². The number of halogens is 1. The first-order valence-electron chi connectivity index (χ1n) is 8.44. The number of nitrogens with zero attached hydrogens (tertiary/aromatic N) is 3. The van der Waals surface area contributed by atoms with E-state index in [9.17, 15) is 4.79 Å². The topological polar surface area (TPSA) is 36.0 Å². The van der Waals surface area contributed by atoms with E-state index in [-0.39, 0.29) is 5.91 Å². The van der Waals surface area contributed by atoms with Crippen LogP contribution in [0.15, 0.2) is 18.2 Å². The second-order valence-corrected chi connectivity index (χ2v) is 7.01. The molecule has 1 heterocycles. The van der Waals surface area contributed by atoms with Crippen LogP contribution >= 0.6 is 11.6 Å². The van der Waals surface area contributed by atoms with Crippen molar-refractivity contribution in [3.05, 3.63) is 28.8 Å². The van der Waals surface area contributed by atoms with E-state index in [4.69, 9.17) is 16.3 Å². The third kappa shape index (κ3) is 5.10. The van der Waals surface area contributed by atoms with Gasteiger partial charge in [-0.1, -0.05) is 11.6 Å². The Balaban J connectivity index is 1.93. The monoisotopic (exact) mass is 353 g/mol. The van der Waals surface area contributed by atoms with Gasteiger partial charge in [0.1, 0.15) is 5.75 Å². The average Bonchev–Trinajstić information content (AvgIpc) is 2.99. The third-order valence-electron chi connectivity index (χ3n) is 4.49. The van der Waals surface area contributed by atoms with Gasteiger partial charge >= 0.3 is 0 Å². The van der Waals surface area contributed by atoms with E-state index < -0.39 is 0 Å². The molecule has 134 valence electrons. The Hall–Kier alpha value is -1.30. The third-order valence-corrected chi connectivity index (χ3v) is 4.73. The molecule has 1 atom stereocenters. The van der Waals surface area contributed by atoms with Gasteiger partial charge in [-0.3, -0.25) is 9.69 Å². The quantitative estimate of drug-likeness (QED) is 0.753. The van der Waals surface area contributed by atoms with Crippen molar-refractivity contribution >= 4 is 17.5 Å². The van der Waals surface area contributed by atoms with Crippen LogP contribution in [0.5, 0.6) is 5.75 Å². The lowest BCUT2D eigenvalue weighted by Crippen LogP contribution is -2.39. The predicted molar refractivity (Wildman–Crippen MR) is 97.6 cm³/mol. The van der Waals surface area contributed by atoms with Gasteiger partial charge in [-0.15, -0.1) is 0 Å². The summed E-state index contributed by atoms with van der Waals surface area (Å²) in [5.74, 6) is 0.909. The van der Waals surface area contributed by atoms with Crippen LogP contribution < -0.4 is 4.74 Å². The Labute approximate surface area is 150 Å². The van der Waals surface area contributed by atoms with Gasteiger partial charge in [0, 0.05) is 43.3 Å². The highest BCUT2D eigenvalue weighted by atomic mass is 35.5. The van der Waals surface area contributed by atoms with Crippen molar-refractivity contribution in [2.24, 2.45) is 0 Å². The second kappa shape index (κ2) is 8.70. The van der Waals surface area contributed by atoms with E-state index in [0.29, 0.717) is 30.8 Å². The van der Waals surface area contributed by atoms with Crippen LogP contribution in [0.3, 0.4) is 0 Å². The van der Waals surface area contributed by atoms with Crippen molar-refractivity contribution in [3.63, 3.8) is 0 Å². The summed E-state index contributed by atoms with van der Waals surface area (Å²) in [5.41, 5.74) is 0.938. The van der Waals surface area contributed by atoms with Crippen LogP contribution in [0.25, 0.3) is 0 Å². The van der Waals surface area contributed by atoms with Crippen LogP contribution in [0.4, 0.5) is 0 Å². The van der Waals surface area contributed by atoms with E-state index in [1.54, 1.807) is 4.90 Å². The summed E-state index contributed by atoms with van der Waals surface area (Å²) in [7, 11) is 6.02. The van der Waals surface area contributed by atoms with Gasteiger partial charge in [0.25, 0.3) is 0 Å².